The SMILES string of the molecule is [SiH3]CCCCCS. The van der Waals surface area contributed by atoms with Gasteiger partial charge in [-0.1, -0.05) is 18.9 Å². The Kier molecular flexibility index (Phi) is 7.10. The van der Waals surface area contributed by atoms with Crippen LogP contribution in [-0.2, 0) is 0 Å². The van der Waals surface area contributed by atoms with Crippen molar-refractivity contribution in [1.29, 1.82) is 0 Å². The summed E-state index contributed by atoms with van der Waals surface area (Å²) in [7, 11) is 1.38. The van der Waals surface area contributed by atoms with E-state index in [2.05, 4.69) is 12.6 Å². The highest BCUT2D eigenvalue weighted by Crippen LogP contribution is 1.97. The molecule has 44 valence electrons. The smallest absolute Gasteiger partial charge is 0.00279 e. The molecule has 0 aromatic carbocycles. The molecular formula is C5H14SSi. The molecule has 0 rings (SSSR count). The van der Waals surface area contributed by atoms with Crippen molar-refractivity contribution in [3.05, 3.63) is 0 Å². The van der Waals surface area contributed by atoms with Gasteiger partial charge >= 0.3 is 0 Å². The highest BCUT2D eigenvalue weighted by atomic mass is 32.1. The third-order valence-electron chi connectivity index (χ3n) is 1.01. The molecule has 2 heteroatoms. The van der Waals surface area contributed by atoms with Gasteiger partial charge in [0.2, 0.25) is 0 Å². The molecule has 0 amide bonds. The molecular weight excluding hydrogens is 120 g/mol. The summed E-state index contributed by atoms with van der Waals surface area (Å²) in [5, 5.41) is 0. The Hall–Kier alpha value is 0.567. The molecule has 0 saturated carbocycles. The van der Waals surface area contributed by atoms with Crippen LogP contribution in [0, 0.1) is 0 Å². The Bertz CT molecular complexity index is 27.3. The maximum absolute atomic E-state index is 4.10. The van der Waals surface area contributed by atoms with Crippen molar-refractivity contribution in [2.75, 3.05) is 5.75 Å². The van der Waals surface area contributed by atoms with Gasteiger partial charge in [-0.2, -0.15) is 12.6 Å². The lowest BCUT2D eigenvalue weighted by atomic mass is 10.3. The number of thiol groups is 1. The summed E-state index contributed by atoms with van der Waals surface area (Å²) >= 11 is 4.10. The van der Waals surface area contributed by atoms with E-state index in [9.17, 15) is 0 Å². The molecule has 0 spiro atoms. The fourth-order valence-electron chi connectivity index (χ4n) is 0.539. The minimum atomic E-state index is 1.07. The lowest BCUT2D eigenvalue weighted by molar-refractivity contribution is 0.779. The first kappa shape index (κ1) is 7.57. The Morgan fingerprint density at radius 2 is 1.86 bits per heavy atom. The van der Waals surface area contributed by atoms with E-state index in [1.165, 1.54) is 35.5 Å². The molecule has 0 fully saturated rings. The molecule has 0 aliphatic heterocycles. The molecule has 0 saturated heterocycles. The Morgan fingerprint density at radius 3 is 2.29 bits per heavy atom. The number of rotatable bonds is 4. The molecule has 0 nitrogen and oxygen atoms in total. The molecule has 0 radical (unpaired) electrons. The van der Waals surface area contributed by atoms with Gasteiger partial charge in [0.1, 0.15) is 0 Å². The van der Waals surface area contributed by atoms with Crippen molar-refractivity contribution in [2.24, 2.45) is 0 Å². The Balaban J connectivity index is 2.45. The van der Waals surface area contributed by atoms with Gasteiger partial charge in [-0.15, -0.1) is 0 Å². The topological polar surface area (TPSA) is 0 Å². The average molecular weight is 134 g/mol. The van der Waals surface area contributed by atoms with E-state index < -0.39 is 0 Å². The van der Waals surface area contributed by atoms with Crippen molar-refractivity contribution in [3.8, 4) is 0 Å². The molecule has 0 atom stereocenters. The number of unbranched alkanes of at least 4 members (excludes halogenated alkanes) is 2. The highest BCUT2D eigenvalue weighted by Gasteiger charge is 1.80. The third-order valence-corrected chi connectivity index (χ3v) is 2.04. The standard InChI is InChI=1S/C5H14SSi/c6-4-2-1-3-5-7/h6H,1-5H2,7H3. The van der Waals surface area contributed by atoms with E-state index in [1.807, 2.05) is 0 Å². The average Bonchev–Trinajstić information content (AvgIpc) is 1.69. The Morgan fingerprint density at radius 1 is 1.14 bits per heavy atom. The van der Waals surface area contributed by atoms with E-state index in [0.29, 0.717) is 0 Å². The zero-order valence-electron chi connectivity index (χ0n) is 4.98. The van der Waals surface area contributed by atoms with Crippen molar-refractivity contribution in [2.45, 2.75) is 25.3 Å². The van der Waals surface area contributed by atoms with Gasteiger partial charge in [-0.25, -0.2) is 0 Å². The molecule has 0 heterocycles. The normalized spacial score (nSPS) is 9.86. The second-order valence-electron chi connectivity index (χ2n) is 1.78. The lowest BCUT2D eigenvalue weighted by Gasteiger charge is -1.90. The van der Waals surface area contributed by atoms with Crippen molar-refractivity contribution < 1.29 is 0 Å². The maximum atomic E-state index is 4.10. The van der Waals surface area contributed by atoms with Crippen LogP contribution in [0.3, 0.4) is 0 Å². The van der Waals surface area contributed by atoms with Crippen LogP contribution >= 0.6 is 12.6 Å². The van der Waals surface area contributed by atoms with Crippen LogP contribution in [0.25, 0.3) is 0 Å². The lowest BCUT2D eigenvalue weighted by Crippen LogP contribution is -1.75. The zero-order valence-corrected chi connectivity index (χ0v) is 7.88. The summed E-state index contributed by atoms with van der Waals surface area (Å²) in [6, 6.07) is 1.47. The van der Waals surface area contributed by atoms with E-state index in [-0.39, 0.29) is 0 Å². The summed E-state index contributed by atoms with van der Waals surface area (Å²) in [6.07, 6.45) is 4.14. The van der Waals surface area contributed by atoms with Crippen LogP contribution in [0.1, 0.15) is 19.3 Å². The number of hydrogen-bond donors (Lipinski definition) is 1. The summed E-state index contributed by atoms with van der Waals surface area (Å²) < 4.78 is 0. The summed E-state index contributed by atoms with van der Waals surface area (Å²) in [5.41, 5.74) is 0. The molecule has 0 aliphatic carbocycles. The predicted molar refractivity (Wildman–Crippen MR) is 42.5 cm³/mol. The minimum Gasteiger partial charge on any atom is -0.179 e. The first-order valence-electron chi connectivity index (χ1n) is 3.02. The van der Waals surface area contributed by atoms with Gasteiger partial charge in [0.25, 0.3) is 0 Å². The maximum Gasteiger partial charge on any atom is 0.00279 e. The Labute approximate surface area is 54.5 Å². The van der Waals surface area contributed by atoms with Gasteiger partial charge in [0.15, 0.2) is 0 Å². The molecule has 0 N–H and O–H groups in total. The molecule has 0 bridgehead atoms. The van der Waals surface area contributed by atoms with E-state index in [0.717, 1.165) is 5.75 Å². The summed E-state index contributed by atoms with van der Waals surface area (Å²) in [6.45, 7) is 0. The van der Waals surface area contributed by atoms with Crippen LogP contribution < -0.4 is 0 Å². The van der Waals surface area contributed by atoms with Crippen LogP contribution in [0.5, 0.6) is 0 Å². The quantitative estimate of drug-likeness (QED) is 0.329. The fraction of sp³-hybridized carbons (Fsp3) is 1.00. The number of hydrogen-bond acceptors (Lipinski definition) is 1. The first-order valence-corrected chi connectivity index (χ1v) is 5.07. The van der Waals surface area contributed by atoms with Gasteiger partial charge < -0.3 is 0 Å². The summed E-state index contributed by atoms with van der Waals surface area (Å²) in [5.74, 6) is 1.07. The van der Waals surface area contributed by atoms with Gasteiger partial charge in [0, 0.05) is 10.2 Å². The second kappa shape index (κ2) is 6.57. The largest absolute Gasteiger partial charge is 0.179 e. The molecule has 0 aromatic heterocycles. The van der Waals surface area contributed by atoms with Crippen LogP contribution in [0.4, 0.5) is 0 Å². The van der Waals surface area contributed by atoms with E-state index in [1.54, 1.807) is 0 Å². The highest BCUT2D eigenvalue weighted by molar-refractivity contribution is 7.80. The van der Waals surface area contributed by atoms with E-state index in [4.69, 9.17) is 0 Å². The van der Waals surface area contributed by atoms with Gasteiger partial charge in [-0.3, -0.25) is 0 Å². The van der Waals surface area contributed by atoms with Gasteiger partial charge in [-0.05, 0) is 12.2 Å². The first-order chi connectivity index (χ1) is 3.41. The predicted octanol–water partition coefficient (Wildman–Crippen LogP) is 0.870. The zero-order chi connectivity index (χ0) is 5.54. The fourth-order valence-corrected chi connectivity index (χ4v) is 1.26. The molecule has 0 aliphatic rings. The molecule has 7 heavy (non-hydrogen) atoms. The monoisotopic (exact) mass is 134 g/mol. The van der Waals surface area contributed by atoms with Gasteiger partial charge in [0.05, 0.1) is 0 Å². The van der Waals surface area contributed by atoms with Crippen molar-refractivity contribution in [1.82, 2.24) is 0 Å². The van der Waals surface area contributed by atoms with Crippen molar-refractivity contribution >= 4 is 22.9 Å². The minimum absolute atomic E-state index is 1.07. The van der Waals surface area contributed by atoms with Crippen LogP contribution in [0.15, 0.2) is 0 Å². The molecule has 0 unspecified atom stereocenters. The second-order valence-corrected chi connectivity index (χ2v) is 3.23. The van der Waals surface area contributed by atoms with E-state index >= 15 is 0 Å². The third kappa shape index (κ3) is 6.57. The molecule has 0 aromatic rings. The van der Waals surface area contributed by atoms with Crippen LogP contribution in [-0.4, -0.2) is 16.0 Å². The summed E-state index contributed by atoms with van der Waals surface area (Å²) in [4.78, 5) is 0. The van der Waals surface area contributed by atoms with Crippen LogP contribution in [0.2, 0.25) is 6.04 Å². The van der Waals surface area contributed by atoms with Crippen molar-refractivity contribution in [3.63, 3.8) is 0 Å².